The fourth-order valence-electron chi connectivity index (χ4n) is 3.17. The van der Waals surface area contributed by atoms with E-state index >= 15 is 0 Å². The van der Waals surface area contributed by atoms with Gasteiger partial charge in [-0.3, -0.25) is 9.59 Å². The Morgan fingerprint density at radius 1 is 0.724 bits per heavy atom. The van der Waals surface area contributed by atoms with Crippen LogP contribution in [0.1, 0.15) is 43.6 Å². The topological polar surface area (TPSA) is 67.4 Å². The first kappa shape index (κ1) is 20.1. The van der Waals surface area contributed by atoms with Gasteiger partial charge in [0, 0.05) is 16.7 Å². The molecule has 0 spiro atoms. The number of carbonyl (C=O) groups is 2. The van der Waals surface area contributed by atoms with E-state index in [-0.39, 0.29) is 11.8 Å². The van der Waals surface area contributed by atoms with Crippen LogP contribution in [0.3, 0.4) is 0 Å². The monoisotopic (exact) mass is 388 g/mol. The van der Waals surface area contributed by atoms with Gasteiger partial charge in [0.15, 0.2) is 0 Å². The van der Waals surface area contributed by atoms with E-state index in [9.17, 15) is 9.59 Å². The maximum atomic E-state index is 12.9. The molecule has 29 heavy (non-hydrogen) atoms. The first-order valence-electron chi connectivity index (χ1n) is 9.37. The van der Waals surface area contributed by atoms with Crippen molar-refractivity contribution in [2.24, 2.45) is 0 Å². The third-order valence-electron chi connectivity index (χ3n) is 4.78. The Morgan fingerprint density at radius 2 is 1.17 bits per heavy atom. The molecule has 0 unspecified atom stereocenters. The van der Waals surface area contributed by atoms with Crippen LogP contribution in [0.25, 0.3) is 0 Å². The molecule has 0 aliphatic heterocycles. The standard InChI is InChI=1S/C24H24N2O3/c1-16-10-4-6-12-18(16)23(27)25-22(20-14-8-9-15-21(20)29-3)26-24(28)19-13-7-5-11-17(19)2/h4-15,22H,1-3H3,(H,25,27)(H,26,28). The van der Waals surface area contributed by atoms with E-state index in [1.807, 2.05) is 68.4 Å². The second-order valence-corrected chi connectivity index (χ2v) is 6.75. The van der Waals surface area contributed by atoms with Gasteiger partial charge in [-0.25, -0.2) is 0 Å². The number of hydrogen-bond donors (Lipinski definition) is 2. The minimum atomic E-state index is -0.759. The normalized spacial score (nSPS) is 10.5. The molecule has 0 atom stereocenters. The number of para-hydroxylation sites is 1. The summed E-state index contributed by atoms with van der Waals surface area (Å²) < 4.78 is 5.45. The molecule has 0 aliphatic carbocycles. The van der Waals surface area contributed by atoms with E-state index in [1.54, 1.807) is 25.3 Å². The van der Waals surface area contributed by atoms with Gasteiger partial charge in [0.05, 0.1) is 7.11 Å². The summed E-state index contributed by atoms with van der Waals surface area (Å²) in [6, 6.07) is 21.9. The Labute approximate surface area is 170 Å². The predicted molar refractivity (Wildman–Crippen MR) is 113 cm³/mol. The molecular weight excluding hydrogens is 364 g/mol. The second kappa shape index (κ2) is 9.06. The fourth-order valence-corrected chi connectivity index (χ4v) is 3.17. The molecule has 3 rings (SSSR count). The fraction of sp³-hybridized carbons (Fsp3) is 0.167. The summed E-state index contributed by atoms with van der Waals surface area (Å²) in [5, 5.41) is 5.87. The molecule has 2 amide bonds. The van der Waals surface area contributed by atoms with Crippen LogP contribution < -0.4 is 15.4 Å². The number of aryl methyl sites for hydroxylation is 2. The molecule has 3 aromatic rings. The molecule has 0 aliphatic rings. The SMILES string of the molecule is COc1ccccc1C(NC(=O)c1ccccc1C)NC(=O)c1ccccc1C. The van der Waals surface area contributed by atoms with Gasteiger partial charge in [-0.15, -0.1) is 0 Å². The van der Waals surface area contributed by atoms with Gasteiger partial charge in [0.2, 0.25) is 0 Å². The van der Waals surface area contributed by atoms with Gasteiger partial charge in [-0.05, 0) is 43.2 Å². The van der Waals surface area contributed by atoms with Gasteiger partial charge in [0.25, 0.3) is 11.8 Å². The van der Waals surface area contributed by atoms with Crippen molar-refractivity contribution in [3.8, 4) is 5.75 Å². The van der Waals surface area contributed by atoms with Gasteiger partial charge < -0.3 is 15.4 Å². The van der Waals surface area contributed by atoms with Crippen LogP contribution in [-0.4, -0.2) is 18.9 Å². The van der Waals surface area contributed by atoms with Crippen molar-refractivity contribution < 1.29 is 14.3 Å². The van der Waals surface area contributed by atoms with E-state index in [0.29, 0.717) is 22.4 Å². The highest BCUT2D eigenvalue weighted by atomic mass is 16.5. The molecular formula is C24H24N2O3. The van der Waals surface area contributed by atoms with Crippen molar-refractivity contribution in [2.45, 2.75) is 20.0 Å². The highest BCUT2D eigenvalue weighted by molar-refractivity contribution is 5.98. The van der Waals surface area contributed by atoms with E-state index in [1.165, 1.54) is 0 Å². The average Bonchev–Trinajstić information content (AvgIpc) is 2.73. The third kappa shape index (κ3) is 4.63. The zero-order valence-electron chi connectivity index (χ0n) is 16.7. The largest absolute Gasteiger partial charge is 0.496 e. The van der Waals surface area contributed by atoms with E-state index in [0.717, 1.165) is 11.1 Å². The first-order chi connectivity index (χ1) is 14.0. The van der Waals surface area contributed by atoms with Crippen LogP contribution in [0.5, 0.6) is 5.75 Å². The first-order valence-corrected chi connectivity index (χ1v) is 9.37. The van der Waals surface area contributed by atoms with Crippen LogP contribution in [0, 0.1) is 13.8 Å². The smallest absolute Gasteiger partial charge is 0.253 e. The van der Waals surface area contributed by atoms with E-state index < -0.39 is 6.17 Å². The highest BCUT2D eigenvalue weighted by Crippen LogP contribution is 2.24. The molecule has 0 saturated carbocycles. The summed E-state index contributed by atoms with van der Waals surface area (Å²) in [6.07, 6.45) is -0.759. The minimum absolute atomic E-state index is 0.274. The van der Waals surface area contributed by atoms with Crippen molar-refractivity contribution in [1.29, 1.82) is 0 Å². The second-order valence-electron chi connectivity index (χ2n) is 6.75. The lowest BCUT2D eigenvalue weighted by atomic mass is 10.1. The van der Waals surface area contributed by atoms with Gasteiger partial charge in [-0.2, -0.15) is 0 Å². The summed E-state index contributed by atoms with van der Waals surface area (Å²) in [7, 11) is 1.56. The number of hydrogen-bond acceptors (Lipinski definition) is 3. The summed E-state index contributed by atoms with van der Waals surface area (Å²) in [4.78, 5) is 25.9. The average molecular weight is 388 g/mol. The molecule has 148 valence electrons. The molecule has 5 heteroatoms. The predicted octanol–water partition coefficient (Wildman–Crippen LogP) is 4.17. The maximum Gasteiger partial charge on any atom is 0.253 e. The number of ether oxygens (including phenoxy) is 1. The Morgan fingerprint density at radius 3 is 1.66 bits per heavy atom. The molecule has 2 N–H and O–H groups in total. The Bertz CT molecular complexity index is 970. The summed E-state index contributed by atoms with van der Waals surface area (Å²) in [5.74, 6) is 0.0286. The number of nitrogens with one attached hydrogen (secondary N) is 2. The van der Waals surface area contributed by atoms with Crippen LogP contribution in [0.15, 0.2) is 72.8 Å². The molecule has 0 aromatic heterocycles. The van der Waals surface area contributed by atoms with E-state index in [2.05, 4.69) is 10.6 Å². The number of rotatable bonds is 6. The Hall–Kier alpha value is -3.60. The molecule has 3 aromatic carbocycles. The lowest BCUT2D eigenvalue weighted by molar-refractivity contribution is 0.0882. The number of benzene rings is 3. The van der Waals surface area contributed by atoms with Crippen LogP contribution in [0.2, 0.25) is 0 Å². The number of methoxy groups -OCH3 is 1. The Balaban J connectivity index is 1.94. The molecule has 0 heterocycles. The van der Waals surface area contributed by atoms with Crippen LogP contribution in [0.4, 0.5) is 0 Å². The molecule has 5 nitrogen and oxygen atoms in total. The third-order valence-corrected chi connectivity index (χ3v) is 4.78. The van der Waals surface area contributed by atoms with Crippen molar-refractivity contribution in [2.75, 3.05) is 7.11 Å². The van der Waals surface area contributed by atoms with Crippen molar-refractivity contribution in [3.63, 3.8) is 0 Å². The summed E-state index contributed by atoms with van der Waals surface area (Å²) in [6.45, 7) is 3.75. The lowest BCUT2D eigenvalue weighted by Gasteiger charge is -2.23. The lowest BCUT2D eigenvalue weighted by Crippen LogP contribution is -2.41. The summed E-state index contributed by atoms with van der Waals surface area (Å²) >= 11 is 0. The van der Waals surface area contributed by atoms with Crippen molar-refractivity contribution >= 4 is 11.8 Å². The van der Waals surface area contributed by atoms with Crippen molar-refractivity contribution in [1.82, 2.24) is 10.6 Å². The van der Waals surface area contributed by atoms with Crippen molar-refractivity contribution in [3.05, 3.63) is 101 Å². The van der Waals surface area contributed by atoms with Crippen LogP contribution in [-0.2, 0) is 0 Å². The zero-order valence-corrected chi connectivity index (χ0v) is 16.7. The summed E-state index contributed by atoms with van der Waals surface area (Å²) in [5.41, 5.74) is 3.48. The molecule has 0 radical (unpaired) electrons. The van der Waals surface area contributed by atoms with Gasteiger partial charge >= 0.3 is 0 Å². The minimum Gasteiger partial charge on any atom is -0.496 e. The highest BCUT2D eigenvalue weighted by Gasteiger charge is 2.23. The van der Waals surface area contributed by atoms with Gasteiger partial charge in [-0.1, -0.05) is 54.6 Å². The Kier molecular flexibility index (Phi) is 6.29. The quantitative estimate of drug-likeness (QED) is 0.623. The number of amides is 2. The van der Waals surface area contributed by atoms with Gasteiger partial charge in [0.1, 0.15) is 11.9 Å². The van der Waals surface area contributed by atoms with Crippen LogP contribution >= 0.6 is 0 Å². The van der Waals surface area contributed by atoms with E-state index in [4.69, 9.17) is 4.74 Å². The number of carbonyl (C=O) groups excluding carboxylic acids is 2. The molecule has 0 saturated heterocycles. The molecule has 0 fully saturated rings. The zero-order chi connectivity index (χ0) is 20.8. The maximum absolute atomic E-state index is 12.9. The molecule has 0 bridgehead atoms.